The number of hydrogen-bond donors (Lipinski definition) is 2. The summed E-state index contributed by atoms with van der Waals surface area (Å²) in [6.07, 6.45) is 0.705. The summed E-state index contributed by atoms with van der Waals surface area (Å²) in [7, 11) is 1.70. The normalized spacial score (nSPS) is 20.3. The summed E-state index contributed by atoms with van der Waals surface area (Å²) in [5.74, 6) is -0.751. The van der Waals surface area contributed by atoms with Crippen LogP contribution in [-0.4, -0.2) is 41.9 Å². The number of aliphatic imine (C=N–C) groups is 1. The number of benzodiazepines with no additional fused rings is 1. The van der Waals surface area contributed by atoms with E-state index in [1.165, 1.54) is 0 Å². The van der Waals surface area contributed by atoms with Crippen LogP contribution in [0.3, 0.4) is 0 Å². The molecule has 2 aliphatic rings. The van der Waals surface area contributed by atoms with Crippen LogP contribution in [0.2, 0.25) is 0 Å². The minimum absolute atomic E-state index is 0.171. The summed E-state index contributed by atoms with van der Waals surface area (Å²) in [4.78, 5) is 32.9. The molecular weight excluding hydrogens is 402 g/mol. The quantitative estimate of drug-likeness (QED) is 0.702. The number of amides is 2. The Morgan fingerprint density at radius 2 is 1.78 bits per heavy atom. The maximum Gasteiger partial charge on any atom is 0.272 e. The maximum absolute atomic E-state index is 13.3. The van der Waals surface area contributed by atoms with Gasteiger partial charge in [0.2, 0.25) is 12.1 Å². The summed E-state index contributed by atoms with van der Waals surface area (Å²) < 4.78 is 0. The van der Waals surface area contributed by atoms with Crippen LogP contribution in [0.25, 0.3) is 0 Å². The Labute approximate surface area is 189 Å². The van der Waals surface area contributed by atoms with Crippen molar-refractivity contribution < 1.29 is 14.7 Å². The molecule has 168 valence electrons. The Morgan fingerprint density at radius 1 is 1.12 bits per heavy atom. The zero-order valence-electron chi connectivity index (χ0n) is 18.9. The van der Waals surface area contributed by atoms with Crippen LogP contribution < -0.4 is 10.2 Å². The highest BCUT2D eigenvalue weighted by atomic mass is 16.3. The highest BCUT2D eigenvalue weighted by Gasteiger charge is 2.40. The molecule has 2 aromatic carbocycles. The van der Waals surface area contributed by atoms with Crippen LogP contribution in [0.5, 0.6) is 0 Å². The van der Waals surface area contributed by atoms with E-state index in [9.17, 15) is 14.7 Å². The lowest BCUT2D eigenvalue weighted by Gasteiger charge is -2.26. The van der Waals surface area contributed by atoms with Crippen LogP contribution in [-0.2, 0) is 9.59 Å². The van der Waals surface area contributed by atoms with Gasteiger partial charge in [-0.1, -0.05) is 62.4 Å². The minimum Gasteiger partial charge on any atom is -0.392 e. The highest BCUT2D eigenvalue weighted by Crippen LogP contribution is 2.37. The Morgan fingerprint density at radius 3 is 2.44 bits per heavy atom. The first-order chi connectivity index (χ1) is 15.4. The molecule has 32 heavy (non-hydrogen) atoms. The standard InChI is InChI=1S/C26H31N3O3/c1-16(2)15-20(23(30)18-13-14-18)25(31)28-24-26(32)29(3)21-12-8-7-11-19(21)22(27-24)17-9-5-4-6-10-17/h4-12,16,18,20,23-24,30H,13-15H2,1-3H3,(H,28,31)/t20-,23-,24?/m0/s1. The van der Waals surface area contributed by atoms with Gasteiger partial charge in [-0.3, -0.25) is 9.59 Å². The lowest BCUT2D eigenvalue weighted by atomic mass is 9.89. The van der Waals surface area contributed by atoms with Gasteiger partial charge < -0.3 is 15.3 Å². The first kappa shape index (κ1) is 22.2. The number of carbonyl (C=O) groups is 2. The van der Waals surface area contributed by atoms with E-state index in [1.54, 1.807) is 11.9 Å². The average Bonchev–Trinajstić information content (AvgIpc) is 3.65. The van der Waals surface area contributed by atoms with E-state index < -0.39 is 18.2 Å². The summed E-state index contributed by atoms with van der Waals surface area (Å²) >= 11 is 0. The first-order valence-corrected chi connectivity index (χ1v) is 11.4. The van der Waals surface area contributed by atoms with Gasteiger partial charge in [0, 0.05) is 18.2 Å². The minimum atomic E-state index is -1.06. The summed E-state index contributed by atoms with van der Waals surface area (Å²) in [6, 6.07) is 17.3. The number of likely N-dealkylation sites (N-methyl/N-ethyl adjacent to an activating group) is 1. The molecule has 2 aromatic rings. The molecule has 0 saturated heterocycles. The fourth-order valence-electron chi connectivity index (χ4n) is 4.36. The summed E-state index contributed by atoms with van der Waals surface area (Å²) in [6.45, 7) is 4.07. The fourth-order valence-corrected chi connectivity index (χ4v) is 4.36. The Balaban J connectivity index is 1.69. The van der Waals surface area contributed by atoms with Crippen LogP contribution in [0.1, 0.15) is 44.2 Å². The number of anilines is 1. The number of benzene rings is 2. The number of hydrogen-bond acceptors (Lipinski definition) is 4. The van der Waals surface area contributed by atoms with Gasteiger partial charge in [0.25, 0.3) is 5.91 Å². The molecule has 1 fully saturated rings. The third-order valence-electron chi connectivity index (χ3n) is 6.25. The largest absolute Gasteiger partial charge is 0.392 e. The van der Waals surface area contributed by atoms with Gasteiger partial charge in [0.15, 0.2) is 0 Å². The van der Waals surface area contributed by atoms with Crippen LogP contribution in [0.15, 0.2) is 59.6 Å². The molecule has 1 saturated carbocycles. The molecule has 1 aliphatic heterocycles. The zero-order chi connectivity index (χ0) is 22.8. The molecule has 0 spiro atoms. The van der Waals surface area contributed by atoms with E-state index in [2.05, 4.69) is 5.32 Å². The van der Waals surface area contributed by atoms with Crippen molar-refractivity contribution in [3.05, 3.63) is 65.7 Å². The topological polar surface area (TPSA) is 82.0 Å². The molecule has 3 atom stereocenters. The van der Waals surface area contributed by atoms with E-state index in [0.717, 1.165) is 29.7 Å². The van der Waals surface area contributed by atoms with Crippen molar-refractivity contribution in [3.63, 3.8) is 0 Å². The van der Waals surface area contributed by atoms with Crippen molar-refractivity contribution in [1.29, 1.82) is 0 Å². The van der Waals surface area contributed by atoms with Crippen LogP contribution >= 0.6 is 0 Å². The van der Waals surface area contributed by atoms with Crippen molar-refractivity contribution in [1.82, 2.24) is 5.32 Å². The highest BCUT2D eigenvalue weighted by molar-refractivity contribution is 6.20. The second-order valence-electron chi connectivity index (χ2n) is 9.23. The molecule has 1 unspecified atom stereocenters. The van der Waals surface area contributed by atoms with Gasteiger partial charge in [-0.15, -0.1) is 0 Å². The number of nitrogens with one attached hydrogen (secondary N) is 1. The molecular formula is C26H31N3O3. The van der Waals surface area contributed by atoms with E-state index in [0.29, 0.717) is 12.1 Å². The summed E-state index contributed by atoms with van der Waals surface area (Å²) in [5.41, 5.74) is 3.11. The van der Waals surface area contributed by atoms with Crippen molar-refractivity contribution >= 4 is 23.2 Å². The molecule has 0 aromatic heterocycles. The molecule has 4 rings (SSSR count). The Hall–Kier alpha value is -2.99. The SMILES string of the molecule is CC(C)C[C@H](C(=O)NC1N=C(c2ccccc2)c2ccccc2N(C)C1=O)[C@@H](O)C1CC1. The second-order valence-corrected chi connectivity index (χ2v) is 9.23. The smallest absolute Gasteiger partial charge is 0.272 e. The monoisotopic (exact) mass is 433 g/mol. The van der Waals surface area contributed by atoms with Crippen molar-refractivity contribution in [3.8, 4) is 0 Å². The zero-order valence-corrected chi connectivity index (χ0v) is 18.9. The molecule has 2 N–H and O–H groups in total. The number of aliphatic hydroxyl groups excluding tert-OH is 1. The van der Waals surface area contributed by atoms with Gasteiger partial charge in [-0.05, 0) is 37.2 Å². The lowest BCUT2D eigenvalue weighted by molar-refractivity contribution is -0.133. The number of carbonyl (C=O) groups excluding carboxylic acids is 2. The van der Waals surface area contributed by atoms with Gasteiger partial charge in [0.05, 0.1) is 23.4 Å². The van der Waals surface area contributed by atoms with Crippen LogP contribution in [0.4, 0.5) is 5.69 Å². The first-order valence-electron chi connectivity index (χ1n) is 11.4. The predicted octanol–water partition coefficient (Wildman–Crippen LogP) is 3.38. The molecule has 0 radical (unpaired) electrons. The number of fused-ring (bicyclic) bond motifs is 1. The van der Waals surface area contributed by atoms with Gasteiger partial charge in [-0.25, -0.2) is 4.99 Å². The van der Waals surface area contributed by atoms with Gasteiger partial charge in [-0.2, -0.15) is 0 Å². The van der Waals surface area contributed by atoms with Crippen LogP contribution in [0, 0.1) is 17.8 Å². The molecule has 1 heterocycles. The van der Waals surface area contributed by atoms with Crippen molar-refractivity contribution in [2.24, 2.45) is 22.7 Å². The Kier molecular flexibility index (Phi) is 6.42. The fraction of sp³-hybridized carbons (Fsp3) is 0.423. The van der Waals surface area contributed by atoms with E-state index in [-0.39, 0.29) is 23.7 Å². The summed E-state index contributed by atoms with van der Waals surface area (Å²) in [5, 5.41) is 13.6. The molecule has 6 nitrogen and oxygen atoms in total. The van der Waals surface area contributed by atoms with E-state index >= 15 is 0 Å². The molecule has 2 amide bonds. The van der Waals surface area contributed by atoms with E-state index in [1.807, 2.05) is 68.4 Å². The van der Waals surface area contributed by atoms with Gasteiger partial charge >= 0.3 is 0 Å². The van der Waals surface area contributed by atoms with Gasteiger partial charge in [0.1, 0.15) is 0 Å². The molecule has 6 heteroatoms. The second kappa shape index (κ2) is 9.25. The Bertz CT molecular complexity index is 1010. The number of rotatable bonds is 7. The van der Waals surface area contributed by atoms with Crippen molar-refractivity contribution in [2.75, 3.05) is 11.9 Å². The predicted molar refractivity (Wildman–Crippen MR) is 126 cm³/mol. The molecule has 1 aliphatic carbocycles. The third-order valence-corrected chi connectivity index (χ3v) is 6.25. The maximum atomic E-state index is 13.3. The number of nitrogens with zero attached hydrogens (tertiary/aromatic N) is 2. The lowest BCUT2D eigenvalue weighted by Crippen LogP contribution is -2.50. The van der Waals surface area contributed by atoms with E-state index in [4.69, 9.17) is 4.99 Å². The van der Waals surface area contributed by atoms with Crippen molar-refractivity contribution in [2.45, 2.75) is 45.4 Å². The number of aliphatic hydroxyl groups is 1. The number of para-hydroxylation sites is 1. The third kappa shape index (κ3) is 4.60. The molecule has 0 bridgehead atoms. The average molecular weight is 434 g/mol.